The molecular weight excluding hydrogens is 318 g/mol. The highest BCUT2D eigenvalue weighted by Gasteiger charge is 2.14. The molecule has 0 aliphatic carbocycles. The highest BCUT2D eigenvalue weighted by Crippen LogP contribution is 2.22. The molecule has 0 fully saturated rings. The SMILES string of the molecule is CC(C)n1cnc2c(N(C)CCOc3ccc(C=O)cc3)ncnc21. The van der Waals surface area contributed by atoms with Gasteiger partial charge in [-0.15, -0.1) is 0 Å². The minimum absolute atomic E-state index is 0.288. The number of benzene rings is 1. The van der Waals surface area contributed by atoms with Gasteiger partial charge in [-0.25, -0.2) is 15.0 Å². The fourth-order valence-electron chi connectivity index (χ4n) is 2.55. The zero-order valence-electron chi connectivity index (χ0n) is 14.6. The molecule has 0 spiro atoms. The van der Waals surface area contributed by atoms with E-state index in [4.69, 9.17) is 4.74 Å². The van der Waals surface area contributed by atoms with Crippen LogP contribution in [0.15, 0.2) is 36.9 Å². The third-order valence-corrected chi connectivity index (χ3v) is 3.97. The van der Waals surface area contributed by atoms with E-state index in [0.717, 1.165) is 29.0 Å². The Morgan fingerprint density at radius 1 is 1.20 bits per heavy atom. The Bertz CT molecular complexity index is 858. The molecule has 0 radical (unpaired) electrons. The lowest BCUT2D eigenvalue weighted by molar-refractivity contribution is 0.112. The van der Waals surface area contributed by atoms with Crippen LogP contribution in [0, 0.1) is 0 Å². The number of fused-ring (bicyclic) bond motifs is 1. The van der Waals surface area contributed by atoms with Crippen LogP contribution in [0.5, 0.6) is 5.75 Å². The summed E-state index contributed by atoms with van der Waals surface area (Å²) in [6.07, 6.45) is 4.17. The van der Waals surface area contributed by atoms with Gasteiger partial charge in [0.05, 0.1) is 12.9 Å². The number of carbonyl (C=O) groups excluding carboxylic acids is 1. The van der Waals surface area contributed by atoms with Gasteiger partial charge >= 0.3 is 0 Å². The molecule has 0 aliphatic rings. The molecule has 7 nitrogen and oxygen atoms in total. The summed E-state index contributed by atoms with van der Waals surface area (Å²) in [7, 11) is 1.95. The molecule has 0 saturated heterocycles. The second kappa shape index (κ2) is 7.29. The van der Waals surface area contributed by atoms with Gasteiger partial charge in [0.2, 0.25) is 0 Å². The van der Waals surface area contributed by atoms with E-state index in [-0.39, 0.29) is 6.04 Å². The van der Waals surface area contributed by atoms with Gasteiger partial charge in [0, 0.05) is 18.7 Å². The predicted octanol–water partition coefficient (Wildman–Crippen LogP) is 2.73. The van der Waals surface area contributed by atoms with Gasteiger partial charge < -0.3 is 14.2 Å². The van der Waals surface area contributed by atoms with Crippen LogP contribution in [0.3, 0.4) is 0 Å². The van der Waals surface area contributed by atoms with Crippen molar-refractivity contribution < 1.29 is 9.53 Å². The lowest BCUT2D eigenvalue weighted by atomic mass is 10.2. The Kier molecular flexibility index (Phi) is 4.92. The van der Waals surface area contributed by atoms with Crippen LogP contribution in [-0.2, 0) is 0 Å². The summed E-state index contributed by atoms with van der Waals surface area (Å²) in [4.78, 5) is 25.9. The van der Waals surface area contributed by atoms with E-state index in [1.165, 1.54) is 0 Å². The van der Waals surface area contributed by atoms with Crippen LogP contribution in [0.25, 0.3) is 11.2 Å². The Hall–Kier alpha value is -2.96. The number of ether oxygens (including phenoxy) is 1. The largest absolute Gasteiger partial charge is 0.492 e. The van der Waals surface area contributed by atoms with Crippen molar-refractivity contribution in [3.63, 3.8) is 0 Å². The molecular formula is C18H21N5O2. The van der Waals surface area contributed by atoms with Crippen molar-refractivity contribution in [1.82, 2.24) is 19.5 Å². The Balaban J connectivity index is 1.67. The fourth-order valence-corrected chi connectivity index (χ4v) is 2.55. The van der Waals surface area contributed by atoms with Crippen LogP contribution in [-0.4, -0.2) is 46.0 Å². The van der Waals surface area contributed by atoms with Crippen molar-refractivity contribution in [2.45, 2.75) is 19.9 Å². The molecule has 7 heteroatoms. The molecule has 2 aromatic heterocycles. The summed E-state index contributed by atoms with van der Waals surface area (Å²) in [5.74, 6) is 1.51. The molecule has 0 unspecified atom stereocenters. The lowest BCUT2D eigenvalue weighted by Crippen LogP contribution is -2.25. The molecule has 0 amide bonds. The number of imidazole rings is 1. The monoisotopic (exact) mass is 339 g/mol. The van der Waals surface area contributed by atoms with Gasteiger partial charge in [-0.3, -0.25) is 4.79 Å². The molecule has 3 rings (SSSR count). The van der Waals surface area contributed by atoms with Crippen molar-refractivity contribution in [3.8, 4) is 5.75 Å². The molecule has 1 aromatic carbocycles. The molecule has 2 heterocycles. The summed E-state index contributed by atoms with van der Waals surface area (Å²) in [6, 6.07) is 7.33. The summed E-state index contributed by atoms with van der Waals surface area (Å²) in [5, 5.41) is 0. The van der Waals surface area contributed by atoms with Gasteiger partial charge in [0.15, 0.2) is 17.0 Å². The minimum atomic E-state index is 0.288. The molecule has 3 aromatic rings. The number of aromatic nitrogens is 4. The fraction of sp³-hybridized carbons (Fsp3) is 0.333. The molecule has 0 bridgehead atoms. The summed E-state index contributed by atoms with van der Waals surface area (Å²) >= 11 is 0. The van der Waals surface area contributed by atoms with Gasteiger partial charge in [-0.1, -0.05) is 0 Å². The third-order valence-electron chi connectivity index (χ3n) is 3.97. The number of rotatable bonds is 7. The van der Waals surface area contributed by atoms with Gasteiger partial charge in [0.1, 0.15) is 25.0 Å². The zero-order chi connectivity index (χ0) is 17.8. The summed E-state index contributed by atoms with van der Waals surface area (Å²) < 4.78 is 7.75. The second-order valence-electron chi connectivity index (χ2n) is 6.07. The first kappa shape index (κ1) is 16.9. The van der Waals surface area contributed by atoms with Crippen LogP contribution in [0.2, 0.25) is 0 Å². The topological polar surface area (TPSA) is 73.1 Å². The number of hydrogen-bond acceptors (Lipinski definition) is 6. The number of anilines is 1. The van der Waals surface area contributed by atoms with Crippen molar-refractivity contribution in [2.24, 2.45) is 0 Å². The normalized spacial score (nSPS) is 11.0. The van der Waals surface area contributed by atoms with Gasteiger partial charge in [-0.2, -0.15) is 0 Å². The van der Waals surface area contributed by atoms with Crippen LogP contribution < -0.4 is 9.64 Å². The first-order valence-corrected chi connectivity index (χ1v) is 8.17. The van der Waals surface area contributed by atoms with Crippen molar-refractivity contribution in [3.05, 3.63) is 42.5 Å². The third kappa shape index (κ3) is 3.60. The average Bonchev–Trinajstić information content (AvgIpc) is 3.06. The number of aldehydes is 1. The van der Waals surface area contributed by atoms with E-state index in [1.54, 1.807) is 36.9 Å². The van der Waals surface area contributed by atoms with E-state index < -0.39 is 0 Å². The molecule has 25 heavy (non-hydrogen) atoms. The second-order valence-corrected chi connectivity index (χ2v) is 6.07. The Morgan fingerprint density at radius 2 is 1.96 bits per heavy atom. The molecule has 0 N–H and O–H groups in total. The maximum Gasteiger partial charge on any atom is 0.165 e. The lowest BCUT2D eigenvalue weighted by Gasteiger charge is -2.18. The maximum atomic E-state index is 10.7. The predicted molar refractivity (Wildman–Crippen MR) is 96.3 cm³/mol. The van der Waals surface area contributed by atoms with E-state index in [2.05, 4.69) is 28.8 Å². The van der Waals surface area contributed by atoms with Crippen molar-refractivity contribution in [2.75, 3.05) is 25.1 Å². The Morgan fingerprint density at radius 3 is 2.64 bits per heavy atom. The number of hydrogen-bond donors (Lipinski definition) is 0. The standard InChI is InChI=1S/C18H21N5O2/c1-13(2)23-12-21-16-17(19-11-20-18(16)23)22(3)8-9-25-15-6-4-14(10-24)5-7-15/h4-7,10-13H,8-9H2,1-3H3. The van der Waals surface area contributed by atoms with Gasteiger partial charge in [0.25, 0.3) is 0 Å². The quantitative estimate of drug-likeness (QED) is 0.616. The first-order valence-electron chi connectivity index (χ1n) is 8.17. The Labute approximate surface area is 146 Å². The van der Waals surface area contributed by atoms with E-state index in [0.29, 0.717) is 18.7 Å². The molecule has 0 aliphatic heterocycles. The molecule has 0 atom stereocenters. The van der Waals surface area contributed by atoms with Crippen LogP contribution in [0.1, 0.15) is 30.2 Å². The summed E-state index contributed by atoms with van der Waals surface area (Å²) in [6.45, 7) is 5.33. The minimum Gasteiger partial charge on any atom is -0.492 e. The number of nitrogens with zero attached hydrogens (tertiary/aromatic N) is 5. The van der Waals surface area contributed by atoms with E-state index >= 15 is 0 Å². The highest BCUT2D eigenvalue weighted by atomic mass is 16.5. The summed E-state index contributed by atoms with van der Waals surface area (Å²) in [5.41, 5.74) is 2.25. The smallest absolute Gasteiger partial charge is 0.165 e. The number of carbonyl (C=O) groups is 1. The highest BCUT2D eigenvalue weighted by molar-refractivity contribution is 5.83. The molecule has 130 valence electrons. The first-order chi connectivity index (χ1) is 12.1. The van der Waals surface area contributed by atoms with Crippen LogP contribution >= 0.6 is 0 Å². The maximum absolute atomic E-state index is 10.7. The van der Waals surface area contributed by atoms with Crippen molar-refractivity contribution in [1.29, 1.82) is 0 Å². The van der Waals surface area contributed by atoms with Crippen LogP contribution in [0.4, 0.5) is 5.82 Å². The average molecular weight is 339 g/mol. The molecule has 0 saturated carbocycles. The van der Waals surface area contributed by atoms with E-state index in [9.17, 15) is 4.79 Å². The number of likely N-dealkylation sites (N-methyl/N-ethyl adjacent to an activating group) is 1. The zero-order valence-corrected chi connectivity index (χ0v) is 14.6. The van der Waals surface area contributed by atoms with Crippen molar-refractivity contribution >= 4 is 23.3 Å². The van der Waals surface area contributed by atoms with E-state index in [1.807, 2.05) is 16.5 Å². The van der Waals surface area contributed by atoms with Gasteiger partial charge in [-0.05, 0) is 38.1 Å².